The van der Waals surface area contributed by atoms with Crippen LogP contribution in [-0.2, 0) is 4.74 Å². The van der Waals surface area contributed by atoms with Crippen LogP contribution in [-0.4, -0.2) is 42.6 Å². The van der Waals surface area contributed by atoms with Crippen molar-refractivity contribution in [2.75, 3.05) is 31.0 Å². The average Bonchev–Trinajstić information content (AvgIpc) is 3.09. The standard InChI is InChI=1S/C19H19FN4O4/c1-27-18(25)12-4-2-5-13(10-12)21-19(26)22-17-15-11-14(28-9-3-8-20)6-7-16(15)23-24-17/h2,4-7,10-11H,3,8-9H2,1H3,(H3,21,22,23,24,26). The molecule has 3 aromatic rings. The van der Waals surface area contributed by atoms with Crippen LogP contribution < -0.4 is 15.4 Å². The number of nitrogens with one attached hydrogen (secondary N) is 3. The predicted molar refractivity (Wildman–Crippen MR) is 103 cm³/mol. The molecule has 0 aliphatic carbocycles. The molecule has 0 radical (unpaired) electrons. The number of alkyl halides is 1. The van der Waals surface area contributed by atoms with Crippen molar-refractivity contribution >= 4 is 34.4 Å². The Balaban J connectivity index is 1.70. The summed E-state index contributed by atoms with van der Waals surface area (Å²) in [5, 5.41) is 12.8. The van der Waals surface area contributed by atoms with E-state index in [4.69, 9.17) is 4.74 Å². The van der Waals surface area contributed by atoms with Gasteiger partial charge in [-0.1, -0.05) is 6.07 Å². The highest BCUT2D eigenvalue weighted by atomic mass is 19.1. The van der Waals surface area contributed by atoms with Crippen molar-refractivity contribution in [1.82, 2.24) is 10.2 Å². The predicted octanol–water partition coefficient (Wildman–Crippen LogP) is 3.73. The van der Waals surface area contributed by atoms with Crippen LogP contribution in [0.4, 0.5) is 20.7 Å². The molecule has 8 nitrogen and oxygen atoms in total. The SMILES string of the molecule is COC(=O)c1cccc(NC(=O)Nc2n[nH]c3ccc(OCCCF)cc23)c1. The third kappa shape index (κ3) is 4.56. The molecule has 0 aliphatic rings. The molecule has 0 bridgehead atoms. The van der Waals surface area contributed by atoms with Crippen molar-refractivity contribution in [3.8, 4) is 5.75 Å². The van der Waals surface area contributed by atoms with Gasteiger partial charge in [-0.05, 0) is 36.4 Å². The van der Waals surface area contributed by atoms with Crippen molar-refractivity contribution < 1.29 is 23.5 Å². The topological polar surface area (TPSA) is 105 Å². The van der Waals surface area contributed by atoms with E-state index in [1.807, 2.05) is 0 Å². The van der Waals surface area contributed by atoms with Crippen LogP contribution in [0.25, 0.3) is 10.9 Å². The van der Waals surface area contributed by atoms with E-state index in [1.165, 1.54) is 13.2 Å². The number of anilines is 2. The first kappa shape index (κ1) is 19.2. The molecule has 28 heavy (non-hydrogen) atoms. The number of fused-ring (bicyclic) bond motifs is 1. The quantitative estimate of drug-likeness (QED) is 0.424. The monoisotopic (exact) mass is 386 g/mol. The summed E-state index contributed by atoms with van der Waals surface area (Å²) < 4.78 is 22.3. The van der Waals surface area contributed by atoms with Gasteiger partial charge in [0.25, 0.3) is 0 Å². The number of esters is 1. The van der Waals surface area contributed by atoms with Gasteiger partial charge in [0.05, 0.1) is 31.5 Å². The molecule has 0 fully saturated rings. The van der Waals surface area contributed by atoms with Gasteiger partial charge in [0.15, 0.2) is 5.82 Å². The van der Waals surface area contributed by atoms with Gasteiger partial charge in [-0.25, -0.2) is 9.59 Å². The summed E-state index contributed by atoms with van der Waals surface area (Å²) in [6.07, 6.45) is 0.307. The summed E-state index contributed by atoms with van der Waals surface area (Å²) in [7, 11) is 1.29. The first-order chi connectivity index (χ1) is 13.6. The second-order valence-electron chi connectivity index (χ2n) is 5.82. The smallest absolute Gasteiger partial charge is 0.337 e. The number of hydrogen-bond acceptors (Lipinski definition) is 5. The molecule has 1 aromatic heterocycles. The molecule has 9 heteroatoms. The lowest BCUT2D eigenvalue weighted by atomic mass is 10.2. The lowest BCUT2D eigenvalue weighted by molar-refractivity contribution is 0.0600. The molecule has 3 N–H and O–H groups in total. The van der Waals surface area contributed by atoms with E-state index in [9.17, 15) is 14.0 Å². The molecule has 146 valence electrons. The number of benzene rings is 2. The molecule has 0 saturated carbocycles. The molecule has 3 rings (SSSR count). The van der Waals surface area contributed by atoms with Crippen molar-refractivity contribution in [3.63, 3.8) is 0 Å². The number of urea groups is 1. The van der Waals surface area contributed by atoms with E-state index < -0.39 is 18.7 Å². The molecule has 2 amide bonds. The normalized spacial score (nSPS) is 10.5. The molecular weight excluding hydrogens is 367 g/mol. The van der Waals surface area contributed by atoms with Crippen molar-refractivity contribution in [3.05, 3.63) is 48.0 Å². The van der Waals surface area contributed by atoms with Gasteiger partial charge in [0.2, 0.25) is 0 Å². The maximum absolute atomic E-state index is 12.3. The van der Waals surface area contributed by atoms with Gasteiger partial charge in [-0.2, -0.15) is 5.10 Å². The fourth-order valence-electron chi connectivity index (χ4n) is 2.53. The maximum atomic E-state index is 12.3. The number of aromatic nitrogens is 2. The molecule has 0 spiro atoms. The van der Waals surface area contributed by atoms with E-state index in [0.717, 1.165) is 0 Å². The zero-order valence-electron chi connectivity index (χ0n) is 15.1. The van der Waals surface area contributed by atoms with Crippen molar-refractivity contribution in [2.24, 2.45) is 0 Å². The zero-order chi connectivity index (χ0) is 19.9. The highest BCUT2D eigenvalue weighted by Crippen LogP contribution is 2.25. The third-order valence-corrected chi connectivity index (χ3v) is 3.85. The lowest BCUT2D eigenvalue weighted by Crippen LogP contribution is -2.20. The van der Waals surface area contributed by atoms with Crippen LogP contribution in [0.5, 0.6) is 5.75 Å². The Kier molecular flexibility index (Phi) is 6.05. The summed E-state index contributed by atoms with van der Waals surface area (Å²) >= 11 is 0. The van der Waals surface area contributed by atoms with Gasteiger partial charge in [0.1, 0.15) is 5.75 Å². The number of methoxy groups -OCH3 is 1. The lowest BCUT2D eigenvalue weighted by Gasteiger charge is -2.08. The summed E-state index contributed by atoms with van der Waals surface area (Å²) in [6, 6.07) is 11.0. The Hall–Kier alpha value is -3.62. The summed E-state index contributed by atoms with van der Waals surface area (Å²) in [5.74, 6) is 0.367. The molecule has 0 atom stereocenters. The van der Waals surface area contributed by atoms with Crippen LogP contribution >= 0.6 is 0 Å². The minimum absolute atomic E-state index is 0.264. The highest BCUT2D eigenvalue weighted by molar-refractivity contribution is 6.05. The number of carbonyl (C=O) groups is 2. The number of ether oxygens (including phenoxy) is 2. The van der Waals surface area contributed by atoms with Crippen LogP contribution in [0, 0.1) is 0 Å². The molecule has 0 unspecified atom stereocenters. The Morgan fingerprint density at radius 3 is 2.82 bits per heavy atom. The Morgan fingerprint density at radius 1 is 1.18 bits per heavy atom. The number of H-pyrrole nitrogens is 1. The summed E-state index contributed by atoms with van der Waals surface area (Å²) in [5.41, 5.74) is 1.46. The molecule has 0 aliphatic heterocycles. The fourth-order valence-corrected chi connectivity index (χ4v) is 2.53. The Morgan fingerprint density at radius 2 is 2.04 bits per heavy atom. The van der Waals surface area contributed by atoms with Gasteiger partial charge >= 0.3 is 12.0 Å². The maximum Gasteiger partial charge on any atom is 0.337 e. The minimum atomic E-state index is -0.529. The molecular formula is C19H19FN4O4. The highest BCUT2D eigenvalue weighted by Gasteiger charge is 2.12. The number of nitrogens with zero attached hydrogens (tertiary/aromatic N) is 1. The first-order valence-electron chi connectivity index (χ1n) is 8.54. The molecule has 2 aromatic carbocycles. The molecule has 1 heterocycles. The Labute approximate surface area is 160 Å². The average molecular weight is 386 g/mol. The van der Waals surface area contributed by atoms with E-state index in [2.05, 4.69) is 25.6 Å². The van der Waals surface area contributed by atoms with Gasteiger partial charge in [0, 0.05) is 17.5 Å². The fraction of sp³-hybridized carbons (Fsp3) is 0.211. The Bertz CT molecular complexity index is 989. The van der Waals surface area contributed by atoms with Crippen molar-refractivity contribution in [2.45, 2.75) is 6.42 Å². The number of halogens is 1. The minimum Gasteiger partial charge on any atom is -0.493 e. The van der Waals surface area contributed by atoms with Crippen LogP contribution in [0.2, 0.25) is 0 Å². The zero-order valence-corrected chi connectivity index (χ0v) is 15.1. The van der Waals surface area contributed by atoms with E-state index in [0.29, 0.717) is 40.1 Å². The number of carbonyl (C=O) groups excluding carboxylic acids is 2. The van der Waals surface area contributed by atoms with Gasteiger partial charge in [-0.15, -0.1) is 0 Å². The van der Waals surface area contributed by atoms with E-state index >= 15 is 0 Å². The van der Waals surface area contributed by atoms with Crippen molar-refractivity contribution in [1.29, 1.82) is 0 Å². The van der Waals surface area contributed by atoms with Gasteiger partial charge < -0.3 is 14.8 Å². The number of amides is 2. The largest absolute Gasteiger partial charge is 0.493 e. The summed E-state index contributed by atoms with van der Waals surface area (Å²) in [6.45, 7) is -0.183. The second kappa shape index (κ2) is 8.85. The number of hydrogen-bond donors (Lipinski definition) is 3. The summed E-state index contributed by atoms with van der Waals surface area (Å²) in [4.78, 5) is 23.9. The molecule has 0 saturated heterocycles. The van der Waals surface area contributed by atoms with Crippen LogP contribution in [0.1, 0.15) is 16.8 Å². The third-order valence-electron chi connectivity index (χ3n) is 3.85. The van der Waals surface area contributed by atoms with Gasteiger partial charge in [-0.3, -0.25) is 14.8 Å². The number of rotatable bonds is 7. The van der Waals surface area contributed by atoms with Crippen LogP contribution in [0.3, 0.4) is 0 Å². The number of aromatic amines is 1. The van der Waals surface area contributed by atoms with Crippen LogP contribution in [0.15, 0.2) is 42.5 Å². The second-order valence-corrected chi connectivity index (χ2v) is 5.82. The van der Waals surface area contributed by atoms with E-state index in [-0.39, 0.29) is 6.61 Å². The van der Waals surface area contributed by atoms with E-state index in [1.54, 1.807) is 36.4 Å². The first-order valence-corrected chi connectivity index (χ1v) is 8.54.